The molecule has 0 saturated heterocycles. The molecule has 2 unspecified atom stereocenters. The van der Waals surface area contributed by atoms with Crippen LogP contribution in [0.5, 0.6) is 5.75 Å². The summed E-state index contributed by atoms with van der Waals surface area (Å²) in [6, 6.07) is 14.1. The minimum atomic E-state index is -0.685. The molecular formula is C21H25N3O4. The lowest BCUT2D eigenvalue weighted by molar-refractivity contribution is -0.124. The minimum Gasteiger partial charge on any atom is -0.497 e. The Morgan fingerprint density at radius 1 is 1.18 bits per heavy atom. The molecule has 3 rings (SSSR count). The predicted octanol–water partition coefficient (Wildman–Crippen LogP) is 2.58. The number of ether oxygens (including phenoxy) is 1. The van der Waals surface area contributed by atoms with Gasteiger partial charge < -0.3 is 19.4 Å². The predicted molar refractivity (Wildman–Crippen MR) is 108 cm³/mol. The third kappa shape index (κ3) is 3.94. The van der Waals surface area contributed by atoms with Crippen LogP contribution in [-0.4, -0.2) is 43.1 Å². The number of benzene rings is 2. The Morgan fingerprint density at radius 3 is 2.50 bits per heavy atom. The number of rotatable bonds is 7. The van der Waals surface area contributed by atoms with Gasteiger partial charge in [0.05, 0.1) is 18.7 Å². The number of amides is 1. The van der Waals surface area contributed by atoms with E-state index in [1.165, 1.54) is 4.57 Å². The second-order valence-corrected chi connectivity index (χ2v) is 6.88. The van der Waals surface area contributed by atoms with Crippen LogP contribution in [0.15, 0.2) is 57.7 Å². The first kappa shape index (κ1) is 19.7. The van der Waals surface area contributed by atoms with Gasteiger partial charge >= 0.3 is 5.76 Å². The van der Waals surface area contributed by atoms with Gasteiger partial charge in [-0.2, -0.15) is 0 Å². The molecule has 1 heterocycles. The molecular weight excluding hydrogens is 358 g/mol. The van der Waals surface area contributed by atoms with Crippen LogP contribution in [0.4, 0.5) is 0 Å². The lowest BCUT2D eigenvalue weighted by Crippen LogP contribution is -2.39. The van der Waals surface area contributed by atoms with E-state index in [9.17, 15) is 9.59 Å². The lowest BCUT2D eigenvalue weighted by atomic mass is 10.1. The first-order valence-corrected chi connectivity index (χ1v) is 9.10. The zero-order valence-corrected chi connectivity index (χ0v) is 16.5. The van der Waals surface area contributed by atoms with Gasteiger partial charge in [-0.05, 0) is 50.8 Å². The summed E-state index contributed by atoms with van der Waals surface area (Å²) in [5.41, 5.74) is 2.13. The SMILES string of the molecule is COc1ccc(C(CNC(=O)C(C)n2c(=O)oc3ccccc32)N(C)C)cc1. The fourth-order valence-corrected chi connectivity index (χ4v) is 3.24. The summed E-state index contributed by atoms with van der Waals surface area (Å²) in [4.78, 5) is 27.0. The molecule has 0 saturated carbocycles. The molecule has 0 radical (unpaired) electrons. The number of oxazole rings is 1. The molecule has 7 nitrogen and oxygen atoms in total. The summed E-state index contributed by atoms with van der Waals surface area (Å²) in [5, 5.41) is 2.96. The van der Waals surface area contributed by atoms with Crippen LogP contribution in [0.1, 0.15) is 24.6 Å². The van der Waals surface area contributed by atoms with Gasteiger partial charge in [-0.1, -0.05) is 24.3 Å². The second kappa shape index (κ2) is 8.31. The van der Waals surface area contributed by atoms with Crippen molar-refractivity contribution in [2.45, 2.75) is 19.0 Å². The zero-order chi connectivity index (χ0) is 20.3. The van der Waals surface area contributed by atoms with Crippen LogP contribution in [0.25, 0.3) is 11.1 Å². The van der Waals surface area contributed by atoms with Gasteiger partial charge in [0, 0.05) is 6.54 Å². The highest BCUT2D eigenvalue weighted by Gasteiger charge is 2.23. The summed E-state index contributed by atoms with van der Waals surface area (Å²) in [6.07, 6.45) is 0. The van der Waals surface area contributed by atoms with Crippen LogP contribution >= 0.6 is 0 Å². The summed E-state index contributed by atoms with van der Waals surface area (Å²) in [6.45, 7) is 2.10. The van der Waals surface area contributed by atoms with Gasteiger partial charge in [0.2, 0.25) is 5.91 Å². The first-order chi connectivity index (χ1) is 13.4. The summed E-state index contributed by atoms with van der Waals surface area (Å²) in [7, 11) is 5.54. The molecule has 148 valence electrons. The fraction of sp³-hybridized carbons (Fsp3) is 0.333. The van der Waals surface area contributed by atoms with Crippen molar-refractivity contribution >= 4 is 17.0 Å². The highest BCUT2D eigenvalue weighted by atomic mass is 16.5. The van der Waals surface area contributed by atoms with Crippen LogP contribution in [0.2, 0.25) is 0 Å². The Bertz CT molecular complexity index is 1000. The zero-order valence-electron chi connectivity index (χ0n) is 16.5. The maximum Gasteiger partial charge on any atom is 0.420 e. The molecule has 0 aliphatic heterocycles. The number of nitrogens with zero attached hydrogens (tertiary/aromatic N) is 2. The molecule has 0 aliphatic rings. The smallest absolute Gasteiger partial charge is 0.420 e. The van der Waals surface area contributed by atoms with Crippen molar-refractivity contribution in [3.8, 4) is 5.75 Å². The second-order valence-electron chi connectivity index (χ2n) is 6.88. The standard InChI is InChI=1S/C21H25N3O4/c1-14(24-17-7-5-6-8-19(17)28-21(24)26)20(25)22-13-18(23(2)3)15-9-11-16(27-4)12-10-15/h5-12,14,18H,13H2,1-4H3,(H,22,25). The van der Waals surface area contributed by atoms with Crippen molar-refractivity contribution in [2.24, 2.45) is 0 Å². The Balaban J connectivity index is 1.75. The number of hydrogen-bond acceptors (Lipinski definition) is 5. The number of aromatic nitrogens is 1. The number of carbonyl (C=O) groups is 1. The van der Waals surface area contributed by atoms with E-state index in [0.29, 0.717) is 17.6 Å². The third-order valence-electron chi connectivity index (χ3n) is 4.88. The van der Waals surface area contributed by atoms with Crippen LogP contribution < -0.4 is 15.8 Å². The van der Waals surface area contributed by atoms with Crippen LogP contribution in [-0.2, 0) is 4.79 Å². The van der Waals surface area contributed by atoms with E-state index >= 15 is 0 Å². The Morgan fingerprint density at radius 2 is 1.86 bits per heavy atom. The van der Waals surface area contributed by atoms with Crippen molar-refractivity contribution in [2.75, 3.05) is 27.7 Å². The summed E-state index contributed by atoms with van der Waals surface area (Å²) in [5.74, 6) is 0.00213. The highest BCUT2D eigenvalue weighted by Crippen LogP contribution is 2.21. The van der Waals surface area contributed by atoms with Gasteiger partial charge in [0.1, 0.15) is 11.8 Å². The number of likely N-dealkylation sites (N-methyl/N-ethyl adjacent to an activating group) is 1. The molecule has 1 amide bonds. The monoisotopic (exact) mass is 383 g/mol. The Kier molecular flexibility index (Phi) is 5.84. The Hall–Kier alpha value is -3.06. The van der Waals surface area contributed by atoms with Gasteiger partial charge in [-0.25, -0.2) is 4.79 Å². The number of carbonyl (C=O) groups excluding carboxylic acids is 1. The van der Waals surface area contributed by atoms with E-state index in [-0.39, 0.29) is 11.9 Å². The van der Waals surface area contributed by atoms with Crippen molar-refractivity contribution in [3.05, 3.63) is 64.6 Å². The van der Waals surface area contributed by atoms with Crippen molar-refractivity contribution in [1.82, 2.24) is 14.8 Å². The Labute approximate surface area is 163 Å². The van der Waals surface area contributed by atoms with Crippen molar-refractivity contribution in [3.63, 3.8) is 0 Å². The fourth-order valence-electron chi connectivity index (χ4n) is 3.24. The van der Waals surface area contributed by atoms with Gasteiger partial charge in [0.25, 0.3) is 0 Å². The molecule has 0 fully saturated rings. The highest BCUT2D eigenvalue weighted by molar-refractivity contribution is 5.82. The topological polar surface area (TPSA) is 76.7 Å². The van der Waals surface area contributed by atoms with Crippen LogP contribution in [0, 0.1) is 0 Å². The quantitative estimate of drug-likeness (QED) is 0.679. The molecule has 0 aliphatic carbocycles. The minimum absolute atomic E-state index is 0.0140. The molecule has 2 atom stereocenters. The van der Waals surface area contributed by atoms with E-state index in [0.717, 1.165) is 11.3 Å². The normalized spacial score (nSPS) is 13.5. The number of nitrogens with one attached hydrogen (secondary N) is 1. The van der Waals surface area contributed by atoms with E-state index in [1.807, 2.05) is 49.3 Å². The van der Waals surface area contributed by atoms with Crippen molar-refractivity contribution < 1.29 is 13.9 Å². The number of hydrogen-bond donors (Lipinski definition) is 1. The molecule has 0 bridgehead atoms. The molecule has 28 heavy (non-hydrogen) atoms. The summed E-state index contributed by atoms with van der Waals surface area (Å²) >= 11 is 0. The number of methoxy groups -OCH3 is 1. The molecule has 1 aromatic heterocycles. The summed E-state index contributed by atoms with van der Waals surface area (Å²) < 4.78 is 11.8. The lowest BCUT2D eigenvalue weighted by Gasteiger charge is -2.26. The van der Waals surface area contributed by atoms with Crippen LogP contribution in [0.3, 0.4) is 0 Å². The number of para-hydroxylation sites is 2. The van der Waals surface area contributed by atoms with E-state index in [1.54, 1.807) is 32.2 Å². The van der Waals surface area contributed by atoms with E-state index in [2.05, 4.69) is 5.32 Å². The maximum absolute atomic E-state index is 12.7. The average Bonchev–Trinajstić information content (AvgIpc) is 3.03. The molecule has 0 spiro atoms. The van der Waals surface area contributed by atoms with Crippen molar-refractivity contribution in [1.29, 1.82) is 0 Å². The molecule has 7 heteroatoms. The van der Waals surface area contributed by atoms with E-state index in [4.69, 9.17) is 9.15 Å². The largest absolute Gasteiger partial charge is 0.497 e. The van der Waals surface area contributed by atoms with Gasteiger partial charge in [-0.3, -0.25) is 9.36 Å². The molecule has 3 aromatic rings. The third-order valence-corrected chi connectivity index (χ3v) is 4.88. The molecule has 2 aromatic carbocycles. The number of fused-ring (bicyclic) bond motifs is 1. The first-order valence-electron chi connectivity index (χ1n) is 9.10. The molecule has 1 N–H and O–H groups in total. The van der Waals surface area contributed by atoms with Gasteiger partial charge in [-0.15, -0.1) is 0 Å². The van der Waals surface area contributed by atoms with E-state index < -0.39 is 11.8 Å². The average molecular weight is 383 g/mol. The maximum atomic E-state index is 12.7. The van der Waals surface area contributed by atoms with Gasteiger partial charge in [0.15, 0.2) is 5.58 Å².